The SMILES string of the molecule is CCOc1ccc(Cc2csc(N3CCN(S(=O)(=O)c4ccc(F)c(Cl)c4)CC3)n2)cc1. The highest BCUT2D eigenvalue weighted by Crippen LogP contribution is 2.27. The highest BCUT2D eigenvalue weighted by atomic mass is 35.5. The van der Waals surface area contributed by atoms with Gasteiger partial charge >= 0.3 is 0 Å². The van der Waals surface area contributed by atoms with Crippen LogP contribution in [0.3, 0.4) is 0 Å². The smallest absolute Gasteiger partial charge is 0.243 e. The summed E-state index contributed by atoms with van der Waals surface area (Å²) in [5.74, 6) is 0.214. The molecule has 1 aliphatic rings. The van der Waals surface area contributed by atoms with Crippen LogP contribution in [0, 0.1) is 5.82 Å². The highest BCUT2D eigenvalue weighted by molar-refractivity contribution is 7.89. The molecule has 32 heavy (non-hydrogen) atoms. The number of sulfonamides is 1. The van der Waals surface area contributed by atoms with Crippen molar-refractivity contribution in [3.63, 3.8) is 0 Å². The van der Waals surface area contributed by atoms with Gasteiger partial charge in [-0.25, -0.2) is 17.8 Å². The molecule has 2 heterocycles. The molecule has 1 fully saturated rings. The van der Waals surface area contributed by atoms with Gasteiger partial charge in [0.2, 0.25) is 10.0 Å². The van der Waals surface area contributed by atoms with E-state index in [4.69, 9.17) is 21.3 Å². The maximum Gasteiger partial charge on any atom is 0.243 e. The lowest BCUT2D eigenvalue weighted by atomic mass is 10.1. The fraction of sp³-hybridized carbons (Fsp3) is 0.318. The summed E-state index contributed by atoms with van der Waals surface area (Å²) >= 11 is 7.32. The third-order valence-electron chi connectivity index (χ3n) is 5.20. The monoisotopic (exact) mass is 495 g/mol. The van der Waals surface area contributed by atoms with Crippen LogP contribution in [0.1, 0.15) is 18.2 Å². The number of nitrogens with zero attached hydrogens (tertiary/aromatic N) is 3. The lowest BCUT2D eigenvalue weighted by molar-refractivity contribution is 0.340. The molecule has 0 bridgehead atoms. The zero-order chi connectivity index (χ0) is 22.7. The van der Waals surface area contributed by atoms with Crippen LogP contribution in [0.2, 0.25) is 5.02 Å². The number of thiazole rings is 1. The summed E-state index contributed by atoms with van der Waals surface area (Å²) in [6.45, 7) is 4.31. The second kappa shape index (κ2) is 9.74. The first-order chi connectivity index (χ1) is 15.4. The molecule has 0 atom stereocenters. The second-order valence-corrected chi connectivity index (χ2v) is 10.5. The summed E-state index contributed by atoms with van der Waals surface area (Å²) in [7, 11) is -3.72. The first-order valence-corrected chi connectivity index (χ1v) is 12.9. The van der Waals surface area contributed by atoms with Gasteiger partial charge < -0.3 is 9.64 Å². The Labute approximate surface area is 196 Å². The van der Waals surface area contributed by atoms with E-state index in [-0.39, 0.29) is 9.92 Å². The van der Waals surface area contributed by atoms with Crippen molar-refractivity contribution >= 4 is 38.1 Å². The average Bonchev–Trinajstić information content (AvgIpc) is 3.26. The van der Waals surface area contributed by atoms with E-state index in [1.54, 1.807) is 11.3 Å². The number of piperazine rings is 1. The molecule has 2 aromatic carbocycles. The first kappa shape index (κ1) is 23.0. The molecule has 0 N–H and O–H groups in total. The number of rotatable bonds is 7. The van der Waals surface area contributed by atoms with E-state index in [1.165, 1.54) is 10.4 Å². The zero-order valence-corrected chi connectivity index (χ0v) is 19.9. The topological polar surface area (TPSA) is 62.7 Å². The van der Waals surface area contributed by atoms with E-state index in [1.807, 2.05) is 36.6 Å². The summed E-state index contributed by atoms with van der Waals surface area (Å²) in [5, 5.41) is 2.72. The maximum absolute atomic E-state index is 13.4. The number of aromatic nitrogens is 1. The molecule has 170 valence electrons. The largest absolute Gasteiger partial charge is 0.494 e. The lowest BCUT2D eigenvalue weighted by Crippen LogP contribution is -2.48. The summed E-state index contributed by atoms with van der Waals surface area (Å²) in [5.41, 5.74) is 2.13. The van der Waals surface area contributed by atoms with Crippen LogP contribution in [-0.2, 0) is 16.4 Å². The molecule has 0 radical (unpaired) electrons. The van der Waals surface area contributed by atoms with Crippen molar-refractivity contribution in [2.45, 2.75) is 18.2 Å². The number of hydrogen-bond acceptors (Lipinski definition) is 6. The number of ether oxygens (including phenoxy) is 1. The normalized spacial score (nSPS) is 15.2. The molecule has 1 aliphatic heterocycles. The second-order valence-electron chi connectivity index (χ2n) is 7.34. The highest BCUT2D eigenvalue weighted by Gasteiger charge is 2.29. The minimum Gasteiger partial charge on any atom is -0.494 e. The van der Waals surface area contributed by atoms with Crippen LogP contribution in [-0.4, -0.2) is 50.5 Å². The summed E-state index contributed by atoms with van der Waals surface area (Å²) in [4.78, 5) is 6.84. The van der Waals surface area contributed by atoms with Crippen molar-refractivity contribution in [2.24, 2.45) is 0 Å². The van der Waals surface area contributed by atoms with Gasteiger partial charge in [-0.3, -0.25) is 0 Å². The zero-order valence-electron chi connectivity index (χ0n) is 17.5. The van der Waals surface area contributed by atoms with Gasteiger partial charge in [0.25, 0.3) is 0 Å². The Hall–Kier alpha value is -2.20. The Kier molecular flexibility index (Phi) is 6.99. The van der Waals surface area contributed by atoms with Gasteiger partial charge in [0.15, 0.2) is 5.13 Å². The van der Waals surface area contributed by atoms with E-state index < -0.39 is 15.8 Å². The van der Waals surface area contributed by atoms with Gasteiger partial charge in [-0.15, -0.1) is 11.3 Å². The van der Waals surface area contributed by atoms with Crippen LogP contribution < -0.4 is 9.64 Å². The Morgan fingerprint density at radius 1 is 1.12 bits per heavy atom. The number of halogens is 2. The van der Waals surface area contributed by atoms with Crippen molar-refractivity contribution in [3.8, 4) is 5.75 Å². The van der Waals surface area contributed by atoms with E-state index in [0.29, 0.717) is 32.8 Å². The van der Waals surface area contributed by atoms with Crippen LogP contribution in [0.4, 0.5) is 9.52 Å². The molecule has 4 rings (SSSR count). The van der Waals surface area contributed by atoms with Crippen LogP contribution >= 0.6 is 22.9 Å². The summed E-state index contributed by atoms with van der Waals surface area (Å²) < 4.78 is 46.0. The van der Waals surface area contributed by atoms with Crippen LogP contribution in [0.15, 0.2) is 52.7 Å². The third kappa shape index (κ3) is 5.06. The van der Waals surface area contributed by atoms with Gasteiger partial charge in [0.1, 0.15) is 11.6 Å². The minimum atomic E-state index is -3.72. The molecule has 1 saturated heterocycles. The summed E-state index contributed by atoms with van der Waals surface area (Å²) in [6.07, 6.45) is 0.725. The quantitative estimate of drug-likeness (QED) is 0.485. The molecule has 6 nitrogen and oxygen atoms in total. The van der Waals surface area contributed by atoms with E-state index in [2.05, 4.69) is 4.90 Å². The lowest BCUT2D eigenvalue weighted by Gasteiger charge is -2.33. The molecule has 0 amide bonds. The van der Waals surface area contributed by atoms with Crippen LogP contribution in [0.25, 0.3) is 0 Å². The number of hydrogen-bond donors (Lipinski definition) is 0. The Balaban J connectivity index is 1.37. The molecule has 10 heteroatoms. The van der Waals surface area contributed by atoms with Crippen molar-refractivity contribution in [1.82, 2.24) is 9.29 Å². The van der Waals surface area contributed by atoms with Crippen LogP contribution in [0.5, 0.6) is 5.75 Å². The standard InChI is InChI=1S/C22H23ClFN3O3S2/c1-2-30-18-5-3-16(4-6-18)13-17-15-31-22(25-17)26-9-11-27(12-10-26)32(28,29)19-7-8-21(24)20(23)14-19/h3-8,14-15H,2,9-13H2,1H3. The van der Waals surface area contributed by atoms with Crippen molar-refractivity contribution in [2.75, 3.05) is 37.7 Å². The Bertz CT molecular complexity index is 1180. The van der Waals surface area contributed by atoms with E-state index in [0.717, 1.165) is 40.7 Å². The predicted molar refractivity (Wildman–Crippen MR) is 125 cm³/mol. The minimum absolute atomic E-state index is 0.00393. The van der Waals surface area contributed by atoms with Crippen molar-refractivity contribution < 1.29 is 17.5 Å². The van der Waals surface area contributed by atoms with Crippen molar-refractivity contribution in [3.05, 3.63) is 69.9 Å². The van der Waals surface area contributed by atoms with Gasteiger partial charge in [0, 0.05) is 38.0 Å². The fourth-order valence-electron chi connectivity index (χ4n) is 3.51. The Morgan fingerprint density at radius 2 is 1.84 bits per heavy atom. The predicted octanol–water partition coefficient (Wildman–Crippen LogP) is 4.44. The van der Waals surface area contributed by atoms with Gasteiger partial charge in [-0.2, -0.15) is 4.31 Å². The molecule has 1 aromatic heterocycles. The molecule has 0 spiro atoms. The Morgan fingerprint density at radius 3 is 2.50 bits per heavy atom. The number of anilines is 1. The molecule has 0 unspecified atom stereocenters. The molecule has 3 aromatic rings. The van der Waals surface area contributed by atoms with Crippen molar-refractivity contribution in [1.29, 1.82) is 0 Å². The molecule has 0 saturated carbocycles. The fourth-order valence-corrected chi connectivity index (χ4v) is 6.08. The van der Waals surface area contributed by atoms with Gasteiger partial charge in [-0.1, -0.05) is 23.7 Å². The van der Waals surface area contributed by atoms with E-state index >= 15 is 0 Å². The number of benzene rings is 2. The average molecular weight is 496 g/mol. The summed E-state index contributed by atoms with van der Waals surface area (Å²) in [6, 6.07) is 11.5. The first-order valence-electron chi connectivity index (χ1n) is 10.2. The van der Waals surface area contributed by atoms with Gasteiger partial charge in [-0.05, 0) is 42.8 Å². The molecular formula is C22H23ClFN3O3S2. The van der Waals surface area contributed by atoms with E-state index in [9.17, 15) is 12.8 Å². The molecule has 0 aliphatic carbocycles. The third-order valence-corrected chi connectivity index (χ3v) is 8.33. The van der Waals surface area contributed by atoms with Gasteiger partial charge in [0.05, 0.1) is 22.2 Å². The molecular weight excluding hydrogens is 473 g/mol. The maximum atomic E-state index is 13.4.